The van der Waals surface area contributed by atoms with Crippen molar-refractivity contribution in [3.63, 3.8) is 0 Å². The first kappa shape index (κ1) is 18.5. The van der Waals surface area contributed by atoms with Crippen molar-refractivity contribution >= 4 is 41.5 Å². The molecule has 0 saturated carbocycles. The fraction of sp³-hybridized carbons (Fsp3) is 0.600. The summed E-state index contributed by atoms with van der Waals surface area (Å²) in [5.74, 6) is 0.994. The van der Waals surface area contributed by atoms with Crippen molar-refractivity contribution in [2.75, 3.05) is 19.6 Å². The van der Waals surface area contributed by atoms with Crippen LogP contribution < -0.4 is 5.32 Å². The average molecular weight is 423 g/mol. The minimum atomic E-state index is 0. The summed E-state index contributed by atoms with van der Waals surface area (Å²) in [6, 6.07) is 3.77. The number of aromatic nitrogens is 1. The molecule has 0 spiro atoms. The highest BCUT2D eigenvalue weighted by atomic mass is 127. The summed E-state index contributed by atoms with van der Waals surface area (Å²) in [6.45, 7) is 10.3. The zero-order valence-electron chi connectivity index (χ0n) is 12.9. The lowest BCUT2D eigenvalue weighted by Crippen LogP contribution is -2.40. The minimum Gasteiger partial charge on any atom is -0.357 e. The Morgan fingerprint density at radius 3 is 2.76 bits per heavy atom. The van der Waals surface area contributed by atoms with Gasteiger partial charge in [-0.25, -0.2) is 9.98 Å². The predicted molar refractivity (Wildman–Crippen MR) is 99.4 cm³/mol. The normalized spacial score (nSPS) is 17.5. The lowest BCUT2D eigenvalue weighted by atomic mass is 9.93. The van der Waals surface area contributed by atoms with Crippen LogP contribution in [0.5, 0.6) is 0 Å². The topological polar surface area (TPSA) is 40.5 Å². The van der Waals surface area contributed by atoms with Crippen LogP contribution in [0.1, 0.15) is 32.8 Å². The molecule has 1 aliphatic rings. The maximum Gasteiger partial charge on any atom is 0.194 e. The first-order valence-electron chi connectivity index (χ1n) is 7.14. The summed E-state index contributed by atoms with van der Waals surface area (Å²) in [7, 11) is 0. The van der Waals surface area contributed by atoms with Crippen LogP contribution in [0.4, 0.5) is 0 Å². The quantitative estimate of drug-likeness (QED) is 0.350. The van der Waals surface area contributed by atoms with E-state index in [1.807, 2.05) is 6.07 Å². The van der Waals surface area contributed by atoms with Crippen LogP contribution in [0.15, 0.2) is 23.3 Å². The second-order valence-corrected chi connectivity index (χ2v) is 6.38. The maximum absolute atomic E-state index is 5.79. The molecule has 0 aromatic carbocycles. The van der Waals surface area contributed by atoms with Crippen molar-refractivity contribution in [1.82, 2.24) is 15.2 Å². The van der Waals surface area contributed by atoms with Crippen LogP contribution in [-0.2, 0) is 6.54 Å². The molecule has 2 rings (SSSR count). The lowest BCUT2D eigenvalue weighted by Gasteiger charge is -2.23. The molecule has 0 amide bonds. The molecule has 0 aliphatic carbocycles. The van der Waals surface area contributed by atoms with Gasteiger partial charge < -0.3 is 10.2 Å². The highest BCUT2D eigenvalue weighted by Gasteiger charge is 2.30. The fourth-order valence-electron chi connectivity index (χ4n) is 2.39. The molecule has 2 heterocycles. The number of aliphatic imine (C=N–C) groups is 1. The summed E-state index contributed by atoms with van der Waals surface area (Å²) in [5, 5.41) is 3.89. The minimum absolute atomic E-state index is 0. The van der Waals surface area contributed by atoms with Gasteiger partial charge in [-0.3, -0.25) is 0 Å². The highest BCUT2D eigenvalue weighted by Crippen LogP contribution is 2.28. The van der Waals surface area contributed by atoms with Gasteiger partial charge in [0.15, 0.2) is 5.96 Å². The van der Waals surface area contributed by atoms with Crippen LogP contribution in [0.25, 0.3) is 0 Å². The second-order valence-electron chi connectivity index (χ2n) is 6.00. The van der Waals surface area contributed by atoms with Gasteiger partial charge >= 0.3 is 0 Å². The Hall–Kier alpha value is -0.560. The van der Waals surface area contributed by atoms with Crippen molar-refractivity contribution in [3.05, 3.63) is 29.0 Å². The van der Waals surface area contributed by atoms with Gasteiger partial charge in [-0.2, -0.15) is 0 Å². The molecule has 21 heavy (non-hydrogen) atoms. The number of halogens is 2. The van der Waals surface area contributed by atoms with Crippen molar-refractivity contribution in [2.24, 2.45) is 10.4 Å². The van der Waals surface area contributed by atoms with E-state index in [4.69, 9.17) is 16.6 Å². The van der Waals surface area contributed by atoms with E-state index in [0.717, 1.165) is 31.2 Å². The van der Waals surface area contributed by atoms with Gasteiger partial charge in [-0.15, -0.1) is 24.0 Å². The van der Waals surface area contributed by atoms with Crippen LogP contribution in [0.3, 0.4) is 0 Å². The van der Waals surface area contributed by atoms with Crippen LogP contribution in [-0.4, -0.2) is 35.5 Å². The molecule has 0 radical (unpaired) electrons. The third-order valence-electron chi connectivity index (χ3n) is 3.51. The van der Waals surface area contributed by atoms with E-state index < -0.39 is 0 Å². The molecule has 1 saturated heterocycles. The molecule has 4 nitrogen and oxygen atoms in total. The van der Waals surface area contributed by atoms with Gasteiger partial charge in [0, 0.05) is 25.8 Å². The molecule has 0 unspecified atom stereocenters. The Bertz CT molecular complexity index is 473. The van der Waals surface area contributed by atoms with Gasteiger partial charge in [-0.1, -0.05) is 31.5 Å². The van der Waals surface area contributed by atoms with E-state index in [0.29, 0.717) is 17.1 Å². The molecule has 1 aromatic rings. The number of hydrogen-bond acceptors (Lipinski definition) is 2. The number of pyridine rings is 1. The number of nitrogens with one attached hydrogen (secondary N) is 1. The summed E-state index contributed by atoms with van der Waals surface area (Å²) < 4.78 is 0. The second kappa shape index (κ2) is 8.17. The molecule has 0 atom stereocenters. The van der Waals surface area contributed by atoms with Gasteiger partial charge in [0.25, 0.3) is 0 Å². The summed E-state index contributed by atoms with van der Waals surface area (Å²) in [6.07, 6.45) is 2.99. The average Bonchev–Trinajstić information content (AvgIpc) is 2.77. The monoisotopic (exact) mass is 422 g/mol. The van der Waals surface area contributed by atoms with Crippen molar-refractivity contribution in [2.45, 2.75) is 33.7 Å². The van der Waals surface area contributed by atoms with Crippen LogP contribution in [0, 0.1) is 5.41 Å². The standard InChI is InChI=1S/C15H23ClN4.HI/c1-4-17-14(20-8-7-15(2,3)11-20)19-10-12-5-6-13(16)18-9-12;/h5-6,9H,4,7-8,10-11H2,1-3H3,(H,17,19);1H. The smallest absolute Gasteiger partial charge is 0.194 e. The van der Waals surface area contributed by atoms with Crippen LogP contribution in [0.2, 0.25) is 5.15 Å². The Morgan fingerprint density at radius 1 is 1.48 bits per heavy atom. The van der Waals surface area contributed by atoms with E-state index in [1.165, 1.54) is 6.42 Å². The molecule has 1 aromatic heterocycles. The number of nitrogens with zero attached hydrogens (tertiary/aromatic N) is 3. The first-order chi connectivity index (χ1) is 9.50. The SMILES string of the molecule is CCNC(=NCc1ccc(Cl)nc1)N1CCC(C)(C)C1.I. The Labute approximate surface area is 149 Å². The molecule has 1 N–H and O–H groups in total. The van der Waals surface area contributed by atoms with Crippen molar-refractivity contribution < 1.29 is 0 Å². The molecular weight excluding hydrogens is 399 g/mol. The fourth-order valence-corrected chi connectivity index (χ4v) is 2.50. The van der Waals surface area contributed by atoms with Crippen molar-refractivity contribution in [3.8, 4) is 0 Å². The Kier molecular flexibility index (Phi) is 7.20. The van der Waals surface area contributed by atoms with Gasteiger partial charge in [0.1, 0.15) is 5.15 Å². The first-order valence-corrected chi connectivity index (χ1v) is 7.52. The highest BCUT2D eigenvalue weighted by molar-refractivity contribution is 14.0. The number of likely N-dealkylation sites (tertiary alicyclic amines) is 1. The molecule has 118 valence electrons. The Morgan fingerprint density at radius 2 is 2.24 bits per heavy atom. The number of hydrogen-bond donors (Lipinski definition) is 1. The van der Waals surface area contributed by atoms with E-state index >= 15 is 0 Å². The summed E-state index contributed by atoms with van der Waals surface area (Å²) in [4.78, 5) is 11.1. The van der Waals surface area contributed by atoms with E-state index in [9.17, 15) is 0 Å². The third-order valence-corrected chi connectivity index (χ3v) is 3.74. The van der Waals surface area contributed by atoms with Gasteiger partial charge in [0.2, 0.25) is 0 Å². The maximum atomic E-state index is 5.79. The zero-order valence-corrected chi connectivity index (χ0v) is 16.0. The van der Waals surface area contributed by atoms with Crippen LogP contribution >= 0.6 is 35.6 Å². The van der Waals surface area contributed by atoms with E-state index in [1.54, 1.807) is 12.3 Å². The molecule has 0 bridgehead atoms. The van der Waals surface area contributed by atoms with E-state index in [2.05, 4.69) is 36.0 Å². The van der Waals surface area contributed by atoms with Crippen molar-refractivity contribution in [1.29, 1.82) is 0 Å². The number of guanidine groups is 1. The molecule has 6 heteroatoms. The largest absolute Gasteiger partial charge is 0.357 e. The predicted octanol–water partition coefficient (Wildman–Crippen LogP) is 3.55. The third kappa shape index (κ3) is 5.62. The molecular formula is C15H24ClIN4. The lowest BCUT2D eigenvalue weighted by molar-refractivity contribution is 0.370. The summed E-state index contributed by atoms with van der Waals surface area (Å²) >= 11 is 5.79. The van der Waals surface area contributed by atoms with Gasteiger partial charge in [0.05, 0.1) is 6.54 Å². The molecule has 1 fully saturated rings. The number of rotatable bonds is 3. The molecule has 1 aliphatic heterocycles. The zero-order chi connectivity index (χ0) is 14.6. The van der Waals surface area contributed by atoms with E-state index in [-0.39, 0.29) is 24.0 Å². The summed E-state index contributed by atoms with van der Waals surface area (Å²) in [5.41, 5.74) is 1.45. The van der Waals surface area contributed by atoms with Gasteiger partial charge in [-0.05, 0) is 30.4 Å². The Balaban J connectivity index is 0.00000220.